The van der Waals surface area contributed by atoms with Crippen molar-refractivity contribution >= 4 is 31.9 Å². The Balaban J connectivity index is 2.93. The lowest BCUT2D eigenvalue weighted by atomic mass is 10.2. The Morgan fingerprint density at radius 2 is 2.25 bits per heavy atom. The molecule has 0 saturated carbocycles. The Bertz CT molecular complexity index is 66.9. The highest BCUT2D eigenvalue weighted by Gasteiger charge is 1.89. The second kappa shape index (κ2) is 5.83. The van der Waals surface area contributed by atoms with Crippen LogP contribution in [0, 0.1) is 0 Å². The molecule has 0 N–H and O–H groups in total. The van der Waals surface area contributed by atoms with Gasteiger partial charge in [0.2, 0.25) is 0 Å². The number of hydrogen-bond acceptors (Lipinski definition) is 0. The largest absolute Gasteiger partial charge is 0.0894 e. The van der Waals surface area contributed by atoms with Gasteiger partial charge < -0.3 is 0 Å². The van der Waals surface area contributed by atoms with Crippen LogP contribution in [0.15, 0.2) is 11.1 Å². The van der Waals surface area contributed by atoms with Gasteiger partial charge in [-0.1, -0.05) is 44.9 Å². The van der Waals surface area contributed by atoms with Gasteiger partial charge in [0.25, 0.3) is 0 Å². The zero-order chi connectivity index (χ0) is 6.41. The summed E-state index contributed by atoms with van der Waals surface area (Å²) in [4.78, 5) is 2.55. The average molecular weight is 242 g/mol. The third kappa shape index (κ3) is 6.70. The average Bonchev–Trinajstić information content (AvgIpc) is 1.66. The Hall–Kier alpha value is 0.700. The number of halogens is 2. The van der Waals surface area contributed by atoms with Gasteiger partial charge in [-0.25, -0.2) is 0 Å². The highest BCUT2D eigenvalue weighted by molar-refractivity contribution is 9.11. The topological polar surface area (TPSA) is 0 Å². The minimum atomic E-state index is 0.645. The first-order valence-electron chi connectivity index (χ1n) is 2.66. The van der Waals surface area contributed by atoms with E-state index in [1.807, 2.05) is 4.99 Å². The molecule has 0 spiro atoms. The van der Waals surface area contributed by atoms with E-state index < -0.39 is 0 Å². The molecule has 0 saturated heterocycles. The van der Waals surface area contributed by atoms with Crippen molar-refractivity contribution in [3.63, 3.8) is 0 Å². The summed E-state index contributed by atoms with van der Waals surface area (Å²) < 4.78 is 0. The van der Waals surface area contributed by atoms with Crippen molar-refractivity contribution in [2.45, 2.75) is 24.6 Å². The van der Waals surface area contributed by atoms with Gasteiger partial charge in [0, 0.05) is 4.83 Å². The molecule has 0 fully saturated rings. The second-order valence-corrected chi connectivity index (χ2v) is 3.81. The van der Waals surface area contributed by atoms with Crippen LogP contribution in [0.4, 0.5) is 0 Å². The van der Waals surface area contributed by atoms with Crippen LogP contribution in [-0.2, 0) is 0 Å². The number of rotatable bonds is 3. The van der Waals surface area contributed by atoms with Crippen molar-refractivity contribution in [3.05, 3.63) is 11.1 Å². The monoisotopic (exact) mass is 240 g/mol. The summed E-state index contributed by atoms with van der Waals surface area (Å²) >= 11 is 6.66. The van der Waals surface area contributed by atoms with E-state index in [4.69, 9.17) is 0 Å². The van der Waals surface area contributed by atoms with E-state index in [2.05, 4.69) is 44.9 Å². The smallest absolute Gasteiger partial charge is 0.0120 e. The third-order valence-corrected chi connectivity index (χ3v) is 1.65. The maximum atomic E-state index is 3.46. The zero-order valence-electron chi connectivity index (χ0n) is 4.90. The van der Waals surface area contributed by atoms with E-state index in [1.165, 1.54) is 6.42 Å². The molecule has 0 nitrogen and oxygen atoms in total. The molecule has 0 bridgehead atoms. The molecule has 0 aliphatic carbocycles. The van der Waals surface area contributed by atoms with Crippen molar-refractivity contribution < 1.29 is 0 Å². The number of alkyl halides is 1. The van der Waals surface area contributed by atoms with Crippen LogP contribution >= 0.6 is 31.9 Å². The Morgan fingerprint density at radius 3 is 2.62 bits per heavy atom. The fraction of sp³-hybridized carbons (Fsp3) is 0.667. The molecule has 0 aromatic carbocycles. The SMILES string of the molecule is CC(Br)CCC=CBr. The molecule has 0 aliphatic heterocycles. The van der Waals surface area contributed by atoms with Gasteiger partial charge in [-0.15, -0.1) is 0 Å². The number of allylic oxidation sites excluding steroid dienone is 1. The summed E-state index contributed by atoms with van der Waals surface area (Å²) in [5, 5.41) is 0. The lowest BCUT2D eigenvalue weighted by molar-refractivity contribution is 0.845. The van der Waals surface area contributed by atoms with Gasteiger partial charge in [0.05, 0.1) is 0 Å². The Labute approximate surface area is 67.6 Å². The van der Waals surface area contributed by atoms with Gasteiger partial charge in [0.1, 0.15) is 0 Å². The van der Waals surface area contributed by atoms with Crippen molar-refractivity contribution in [1.29, 1.82) is 0 Å². The third-order valence-electron chi connectivity index (χ3n) is 0.820. The molecule has 48 valence electrons. The molecule has 1 unspecified atom stereocenters. The summed E-state index contributed by atoms with van der Waals surface area (Å²) in [6.07, 6.45) is 4.47. The van der Waals surface area contributed by atoms with Crippen molar-refractivity contribution in [3.8, 4) is 0 Å². The summed E-state index contributed by atoms with van der Waals surface area (Å²) in [5.74, 6) is 0. The first-order valence-corrected chi connectivity index (χ1v) is 4.49. The summed E-state index contributed by atoms with van der Waals surface area (Å²) in [5.41, 5.74) is 0. The fourth-order valence-electron chi connectivity index (χ4n) is 0.389. The minimum Gasteiger partial charge on any atom is -0.0894 e. The maximum absolute atomic E-state index is 3.46. The van der Waals surface area contributed by atoms with Gasteiger partial charge >= 0.3 is 0 Å². The number of hydrogen-bond donors (Lipinski definition) is 0. The van der Waals surface area contributed by atoms with Crippen molar-refractivity contribution in [2.24, 2.45) is 0 Å². The van der Waals surface area contributed by atoms with Crippen LogP contribution in [0.3, 0.4) is 0 Å². The lowest BCUT2D eigenvalue weighted by Crippen LogP contribution is -1.85. The molecule has 0 aromatic heterocycles. The molecular weight excluding hydrogens is 232 g/mol. The molecule has 2 heteroatoms. The predicted molar refractivity (Wildman–Crippen MR) is 45.7 cm³/mol. The second-order valence-electron chi connectivity index (χ2n) is 1.72. The molecule has 0 aromatic rings. The Kier molecular flexibility index (Phi) is 6.34. The molecule has 8 heavy (non-hydrogen) atoms. The van der Waals surface area contributed by atoms with Crippen molar-refractivity contribution in [2.75, 3.05) is 0 Å². The molecule has 0 heterocycles. The van der Waals surface area contributed by atoms with Gasteiger partial charge in [0.15, 0.2) is 0 Å². The first kappa shape index (κ1) is 8.70. The van der Waals surface area contributed by atoms with Crippen LogP contribution in [0.1, 0.15) is 19.8 Å². The lowest BCUT2D eigenvalue weighted by Gasteiger charge is -1.95. The van der Waals surface area contributed by atoms with Crippen molar-refractivity contribution in [1.82, 2.24) is 0 Å². The molecule has 0 radical (unpaired) electrons. The normalized spacial score (nSPS) is 14.9. The standard InChI is InChI=1S/C6H10Br2/c1-6(8)4-2-3-5-7/h3,5-6H,2,4H2,1H3. The zero-order valence-corrected chi connectivity index (χ0v) is 8.07. The van der Waals surface area contributed by atoms with Crippen LogP contribution in [-0.4, -0.2) is 4.83 Å². The summed E-state index contributed by atoms with van der Waals surface area (Å²) in [7, 11) is 0. The Morgan fingerprint density at radius 1 is 1.62 bits per heavy atom. The van der Waals surface area contributed by atoms with E-state index >= 15 is 0 Å². The fourth-order valence-corrected chi connectivity index (χ4v) is 0.918. The molecule has 0 rings (SSSR count). The van der Waals surface area contributed by atoms with E-state index in [1.54, 1.807) is 0 Å². The minimum absolute atomic E-state index is 0.645. The van der Waals surface area contributed by atoms with Gasteiger partial charge in [-0.3, -0.25) is 0 Å². The van der Waals surface area contributed by atoms with Crippen LogP contribution in [0.25, 0.3) is 0 Å². The summed E-state index contributed by atoms with van der Waals surface area (Å²) in [6, 6.07) is 0. The highest BCUT2D eigenvalue weighted by atomic mass is 79.9. The van der Waals surface area contributed by atoms with Crippen LogP contribution in [0.5, 0.6) is 0 Å². The first-order chi connectivity index (χ1) is 3.77. The van der Waals surface area contributed by atoms with E-state index in [9.17, 15) is 0 Å². The van der Waals surface area contributed by atoms with E-state index in [0.717, 1.165) is 6.42 Å². The maximum Gasteiger partial charge on any atom is 0.0120 e. The van der Waals surface area contributed by atoms with E-state index in [0.29, 0.717) is 4.83 Å². The molecular formula is C6H10Br2. The molecule has 0 aliphatic rings. The van der Waals surface area contributed by atoms with Gasteiger partial charge in [-0.05, 0) is 17.8 Å². The van der Waals surface area contributed by atoms with E-state index in [-0.39, 0.29) is 0 Å². The van der Waals surface area contributed by atoms with Crippen LogP contribution in [0.2, 0.25) is 0 Å². The van der Waals surface area contributed by atoms with Crippen LogP contribution < -0.4 is 0 Å². The summed E-state index contributed by atoms with van der Waals surface area (Å²) in [6.45, 7) is 2.15. The molecule has 1 atom stereocenters. The highest BCUT2D eigenvalue weighted by Crippen LogP contribution is 2.06. The van der Waals surface area contributed by atoms with Gasteiger partial charge in [-0.2, -0.15) is 0 Å². The predicted octanol–water partition coefficient (Wildman–Crippen LogP) is 3.46. The molecule has 0 amide bonds. The quantitative estimate of drug-likeness (QED) is 0.664.